The molecule has 0 fully saturated rings. The summed E-state index contributed by atoms with van der Waals surface area (Å²) in [6.45, 7) is 4.81. The van der Waals surface area contributed by atoms with Gasteiger partial charge in [-0.15, -0.1) is 0 Å². The van der Waals surface area contributed by atoms with Crippen LogP contribution in [0.25, 0.3) is 0 Å². The Morgan fingerprint density at radius 1 is 1.53 bits per heavy atom. The summed E-state index contributed by atoms with van der Waals surface area (Å²) in [6.07, 6.45) is 1.96. The number of nitrogens with one attached hydrogen (secondary N) is 1. The van der Waals surface area contributed by atoms with Gasteiger partial charge in [0, 0.05) is 5.54 Å². The van der Waals surface area contributed by atoms with Gasteiger partial charge in [0.1, 0.15) is 5.76 Å². The second-order valence-corrected chi connectivity index (χ2v) is 4.40. The lowest BCUT2D eigenvalue weighted by molar-refractivity contribution is 0.161. The van der Waals surface area contributed by atoms with Crippen LogP contribution in [0.5, 0.6) is 0 Å². The predicted octanol–water partition coefficient (Wildman–Crippen LogP) is 2.57. The van der Waals surface area contributed by atoms with Crippen molar-refractivity contribution in [2.75, 3.05) is 6.61 Å². The SMILES string of the molecule is CCCC(C)(CO)NCc1ccc(Cl)o1. The summed E-state index contributed by atoms with van der Waals surface area (Å²) in [4.78, 5) is 0. The number of hydrogen-bond donors (Lipinski definition) is 2. The normalized spacial score (nSPS) is 15.2. The minimum absolute atomic E-state index is 0.120. The lowest BCUT2D eigenvalue weighted by Crippen LogP contribution is -2.45. The first-order valence-corrected chi connectivity index (χ1v) is 5.57. The van der Waals surface area contributed by atoms with Crippen LogP contribution < -0.4 is 5.32 Å². The molecule has 86 valence electrons. The van der Waals surface area contributed by atoms with Crippen LogP contribution in [-0.4, -0.2) is 17.3 Å². The Kier molecular flexibility index (Phi) is 4.64. The topological polar surface area (TPSA) is 45.4 Å². The second-order valence-electron chi connectivity index (χ2n) is 4.03. The standard InChI is InChI=1S/C11H18ClNO2/c1-3-6-11(2,8-14)13-7-9-4-5-10(12)15-9/h4-5,13-14H,3,6-8H2,1-2H3. The molecule has 0 aliphatic rings. The van der Waals surface area contributed by atoms with E-state index in [9.17, 15) is 5.11 Å². The molecule has 1 heterocycles. The zero-order chi connectivity index (χ0) is 11.3. The molecule has 1 atom stereocenters. The molecule has 0 saturated carbocycles. The van der Waals surface area contributed by atoms with E-state index in [1.54, 1.807) is 6.07 Å². The molecule has 3 nitrogen and oxygen atoms in total. The highest BCUT2D eigenvalue weighted by Gasteiger charge is 2.21. The number of aliphatic hydroxyl groups excluding tert-OH is 1. The molecule has 0 saturated heterocycles. The fourth-order valence-corrected chi connectivity index (χ4v) is 1.68. The van der Waals surface area contributed by atoms with Gasteiger partial charge in [0.25, 0.3) is 0 Å². The second kappa shape index (κ2) is 5.54. The first kappa shape index (κ1) is 12.6. The van der Waals surface area contributed by atoms with E-state index in [1.165, 1.54) is 0 Å². The van der Waals surface area contributed by atoms with Crippen LogP contribution in [0.4, 0.5) is 0 Å². The van der Waals surface area contributed by atoms with Gasteiger partial charge < -0.3 is 14.8 Å². The Balaban J connectivity index is 2.47. The van der Waals surface area contributed by atoms with Crippen molar-refractivity contribution < 1.29 is 9.52 Å². The third-order valence-corrected chi connectivity index (χ3v) is 2.67. The average Bonchev–Trinajstić information content (AvgIpc) is 2.62. The molecular weight excluding hydrogens is 214 g/mol. The predicted molar refractivity (Wildman–Crippen MR) is 61.0 cm³/mol. The summed E-state index contributed by atoms with van der Waals surface area (Å²) in [5.41, 5.74) is -0.242. The minimum atomic E-state index is -0.242. The Hall–Kier alpha value is -0.510. The number of furan rings is 1. The van der Waals surface area contributed by atoms with E-state index in [0.29, 0.717) is 11.8 Å². The Labute approximate surface area is 95.4 Å². The number of halogens is 1. The fraction of sp³-hybridized carbons (Fsp3) is 0.636. The summed E-state index contributed by atoms with van der Waals surface area (Å²) in [6, 6.07) is 3.55. The van der Waals surface area contributed by atoms with Gasteiger partial charge in [-0.05, 0) is 37.1 Å². The molecule has 1 aromatic heterocycles. The smallest absolute Gasteiger partial charge is 0.193 e. The van der Waals surface area contributed by atoms with Crippen molar-refractivity contribution in [3.63, 3.8) is 0 Å². The van der Waals surface area contributed by atoms with Crippen molar-refractivity contribution in [3.05, 3.63) is 23.1 Å². The molecule has 0 aliphatic carbocycles. The van der Waals surface area contributed by atoms with Crippen LogP contribution >= 0.6 is 11.6 Å². The average molecular weight is 232 g/mol. The lowest BCUT2D eigenvalue weighted by atomic mass is 9.97. The molecule has 0 amide bonds. The fourth-order valence-electron chi connectivity index (χ4n) is 1.52. The molecule has 1 unspecified atom stereocenters. The lowest BCUT2D eigenvalue weighted by Gasteiger charge is -2.27. The van der Waals surface area contributed by atoms with Crippen molar-refractivity contribution in [2.24, 2.45) is 0 Å². The molecule has 0 aromatic carbocycles. The van der Waals surface area contributed by atoms with Crippen molar-refractivity contribution in [1.82, 2.24) is 5.32 Å². The molecule has 1 rings (SSSR count). The van der Waals surface area contributed by atoms with E-state index in [2.05, 4.69) is 12.2 Å². The van der Waals surface area contributed by atoms with Crippen LogP contribution in [0.15, 0.2) is 16.5 Å². The van der Waals surface area contributed by atoms with E-state index >= 15 is 0 Å². The zero-order valence-corrected chi connectivity index (χ0v) is 9.97. The molecule has 4 heteroatoms. The maximum absolute atomic E-state index is 9.28. The van der Waals surface area contributed by atoms with Gasteiger partial charge in [-0.25, -0.2) is 0 Å². The van der Waals surface area contributed by atoms with Gasteiger partial charge in [-0.1, -0.05) is 13.3 Å². The molecule has 0 aliphatic heterocycles. The number of rotatable bonds is 6. The Morgan fingerprint density at radius 2 is 2.27 bits per heavy atom. The van der Waals surface area contributed by atoms with Crippen molar-refractivity contribution in [1.29, 1.82) is 0 Å². The molecule has 1 aromatic rings. The molecular formula is C11H18ClNO2. The summed E-state index contributed by atoms with van der Waals surface area (Å²) in [5.74, 6) is 0.788. The zero-order valence-electron chi connectivity index (χ0n) is 9.22. The maximum atomic E-state index is 9.28. The summed E-state index contributed by atoms with van der Waals surface area (Å²) < 4.78 is 5.22. The Morgan fingerprint density at radius 3 is 2.73 bits per heavy atom. The number of hydrogen-bond acceptors (Lipinski definition) is 3. The van der Waals surface area contributed by atoms with Crippen molar-refractivity contribution >= 4 is 11.6 Å². The highest BCUT2D eigenvalue weighted by atomic mass is 35.5. The molecule has 2 N–H and O–H groups in total. The van der Waals surface area contributed by atoms with Crippen molar-refractivity contribution in [3.8, 4) is 0 Å². The van der Waals surface area contributed by atoms with E-state index in [1.807, 2.05) is 13.0 Å². The van der Waals surface area contributed by atoms with E-state index < -0.39 is 0 Å². The number of aliphatic hydroxyl groups is 1. The van der Waals surface area contributed by atoms with Crippen molar-refractivity contribution in [2.45, 2.75) is 38.8 Å². The summed E-state index contributed by atoms with van der Waals surface area (Å²) in [7, 11) is 0. The maximum Gasteiger partial charge on any atom is 0.193 e. The third kappa shape index (κ3) is 3.86. The molecule has 0 bridgehead atoms. The van der Waals surface area contributed by atoms with Gasteiger partial charge in [-0.3, -0.25) is 0 Å². The van der Waals surface area contributed by atoms with Gasteiger partial charge >= 0.3 is 0 Å². The molecule has 0 radical (unpaired) electrons. The largest absolute Gasteiger partial charge is 0.448 e. The monoisotopic (exact) mass is 231 g/mol. The quantitative estimate of drug-likeness (QED) is 0.791. The molecule has 15 heavy (non-hydrogen) atoms. The van der Waals surface area contributed by atoms with Crippen LogP contribution in [0.1, 0.15) is 32.4 Å². The first-order valence-electron chi connectivity index (χ1n) is 5.20. The highest BCUT2D eigenvalue weighted by molar-refractivity contribution is 6.28. The van der Waals surface area contributed by atoms with E-state index in [0.717, 1.165) is 18.6 Å². The first-order chi connectivity index (χ1) is 7.09. The van der Waals surface area contributed by atoms with E-state index in [4.69, 9.17) is 16.0 Å². The minimum Gasteiger partial charge on any atom is -0.448 e. The molecule has 0 spiro atoms. The van der Waals surface area contributed by atoms with Crippen LogP contribution in [0.3, 0.4) is 0 Å². The van der Waals surface area contributed by atoms with Crippen LogP contribution in [0, 0.1) is 0 Å². The summed E-state index contributed by atoms with van der Waals surface area (Å²) >= 11 is 5.66. The van der Waals surface area contributed by atoms with Crippen LogP contribution in [-0.2, 0) is 6.54 Å². The Bertz CT molecular complexity index is 301. The van der Waals surface area contributed by atoms with Gasteiger partial charge in [0.2, 0.25) is 0 Å². The summed E-state index contributed by atoms with van der Waals surface area (Å²) in [5, 5.41) is 13.0. The van der Waals surface area contributed by atoms with E-state index in [-0.39, 0.29) is 12.1 Å². The third-order valence-electron chi connectivity index (χ3n) is 2.47. The highest BCUT2D eigenvalue weighted by Crippen LogP contribution is 2.16. The van der Waals surface area contributed by atoms with Gasteiger partial charge in [-0.2, -0.15) is 0 Å². The van der Waals surface area contributed by atoms with Crippen LogP contribution in [0.2, 0.25) is 5.22 Å². The van der Waals surface area contributed by atoms with Gasteiger partial charge in [0.15, 0.2) is 5.22 Å². The van der Waals surface area contributed by atoms with Gasteiger partial charge in [0.05, 0.1) is 13.2 Å².